The maximum atomic E-state index is 12.5. The topological polar surface area (TPSA) is 60.8 Å². The standard InChI is InChI=1S/C21H35NO3/c1-5-7-14-22(15-8-6-2)20(25)10-9-13-21(3,4)18-12-11-17(23)16-19(18)24/h11-12,16,23-24H,5-10,13-15H2,1-4H3. The Morgan fingerprint density at radius 1 is 1.04 bits per heavy atom. The summed E-state index contributed by atoms with van der Waals surface area (Å²) in [6.45, 7) is 10.1. The van der Waals surface area contributed by atoms with Crippen molar-refractivity contribution in [2.75, 3.05) is 13.1 Å². The van der Waals surface area contributed by atoms with Gasteiger partial charge >= 0.3 is 0 Å². The number of aromatic hydroxyl groups is 2. The number of hydrogen-bond donors (Lipinski definition) is 2. The van der Waals surface area contributed by atoms with Crippen molar-refractivity contribution in [3.63, 3.8) is 0 Å². The zero-order valence-electron chi connectivity index (χ0n) is 16.3. The first-order valence-electron chi connectivity index (χ1n) is 9.62. The lowest BCUT2D eigenvalue weighted by atomic mass is 9.79. The van der Waals surface area contributed by atoms with E-state index in [1.54, 1.807) is 12.1 Å². The van der Waals surface area contributed by atoms with Gasteiger partial charge in [0.1, 0.15) is 11.5 Å². The molecule has 25 heavy (non-hydrogen) atoms. The largest absolute Gasteiger partial charge is 0.508 e. The highest BCUT2D eigenvalue weighted by atomic mass is 16.3. The smallest absolute Gasteiger partial charge is 0.222 e. The van der Waals surface area contributed by atoms with Crippen LogP contribution in [0.25, 0.3) is 0 Å². The number of phenols is 2. The second-order valence-corrected chi connectivity index (χ2v) is 7.53. The van der Waals surface area contributed by atoms with Gasteiger partial charge in [-0.2, -0.15) is 0 Å². The predicted molar refractivity (Wildman–Crippen MR) is 103 cm³/mol. The highest BCUT2D eigenvalue weighted by Crippen LogP contribution is 2.36. The average Bonchev–Trinajstić information content (AvgIpc) is 2.54. The van der Waals surface area contributed by atoms with E-state index in [0.717, 1.165) is 57.2 Å². The molecular formula is C21H35NO3. The van der Waals surface area contributed by atoms with Crippen LogP contribution in [0.15, 0.2) is 18.2 Å². The Bertz CT molecular complexity index is 532. The van der Waals surface area contributed by atoms with Crippen molar-refractivity contribution in [2.45, 2.75) is 78.1 Å². The number of carbonyl (C=O) groups is 1. The van der Waals surface area contributed by atoms with Crippen LogP contribution in [0.4, 0.5) is 0 Å². The summed E-state index contributed by atoms with van der Waals surface area (Å²) in [5.74, 6) is 0.422. The molecule has 1 aromatic rings. The van der Waals surface area contributed by atoms with Crippen LogP contribution < -0.4 is 0 Å². The number of benzene rings is 1. The van der Waals surface area contributed by atoms with Crippen LogP contribution in [-0.2, 0) is 10.2 Å². The SMILES string of the molecule is CCCCN(CCCC)C(=O)CCCC(C)(C)c1ccc(O)cc1O. The van der Waals surface area contributed by atoms with E-state index in [9.17, 15) is 15.0 Å². The van der Waals surface area contributed by atoms with Gasteiger partial charge in [-0.15, -0.1) is 0 Å². The third-order valence-electron chi connectivity index (χ3n) is 4.82. The van der Waals surface area contributed by atoms with Crippen LogP contribution in [0.3, 0.4) is 0 Å². The molecule has 0 aromatic heterocycles. The number of phenolic OH excluding ortho intramolecular Hbond substituents is 2. The van der Waals surface area contributed by atoms with Crippen LogP contribution in [0.1, 0.15) is 78.2 Å². The van der Waals surface area contributed by atoms with Crippen molar-refractivity contribution in [3.8, 4) is 11.5 Å². The van der Waals surface area contributed by atoms with Crippen LogP contribution in [0, 0.1) is 0 Å². The van der Waals surface area contributed by atoms with Crippen molar-refractivity contribution in [1.29, 1.82) is 0 Å². The van der Waals surface area contributed by atoms with E-state index in [1.165, 1.54) is 6.07 Å². The maximum Gasteiger partial charge on any atom is 0.222 e. The number of amides is 1. The van der Waals surface area contributed by atoms with Crippen LogP contribution in [0.2, 0.25) is 0 Å². The lowest BCUT2D eigenvalue weighted by molar-refractivity contribution is -0.131. The fourth-order valence-corrected chi connectivity index (χ4v) is 3.13. The van der Waals surface area contributed by atoms with E-state index in [1.807, 2.05) is 4.90 Å². The molecule has 0 aliphatic carbocycles. The molecule has 0 saturated carbocycles. The highest BCUT2D eigenvalue weighted by Gasteiger charge is 2.24. The number of rotatable bonds is 11. The van der Waals surface area contributed by atoms with Crippen molar-refractivity contribution in [1.82, 2.24) is 4.90 Å². The third kappa shape index (κ3) is 6.97. The monoisotopic (exact) mass is 349 g/mol. The molecule has 1 amide bonds. The van der Waals surface area contributed by atoms with Gasteiger partial charge in [0.15, 0.2) is 0 Å². The number of carbonyl (C=O) groups excluding carboxylic acids is 1. The Morgan fingerprint density at radius 2 is 1.64 bits per heavy atom. The normalized spacial score (nSPS) is 11.5. The Labute approximate surface area is 152 Å². The lowest BCUT2D eigenvalue weighted by Crippen LogP contribution is -2.33. The molecule has 0 aliphatic heterocycles. The third-order valence-corrected chi connectivity index (χ3v) is 4.82. The number of unbranched alkanes of at least 4 members (excludes halogenated alkanes) is 2. The number of nitrogens with zero attached hydrogens (tertiary/aromatic N) is 1. The van der Waals surface area contributed by atoms with E-state index < -0.39 is 0 Å². The molecule has 0 saturated heterocycles. The van der Waals surface area contributed by atoms with Gasteiger partial charge < -0.3 is 15.1 Å². The van der Waals surface area contributed by atoms with Crippen LogP contribution in [-0.4, -0.2) is 34.1 Å². The Balaban J connectivity index is 2.58. The first-order valence-corrected chi connectivity index (χ1v) is 9.62. The van der Waals surface area contributed by atoms with Gasteiger partial charge in [-0.05, 0) is 42.7 Å². The summed E-state index contributed by atoms with van der Waals surface area (Å²) in [6.07, 6.45) is 6.47. The lowest BCUT2D eigenvalue weighted by Gasteiger charge is -2.27. The van der Waals surface area contributed by atoms with Crippen molar-refractivity contribution in [2.24, 2.45) is 0 Å². The van der Waals surface area contributed by atoms with E-state index in [-0.39, 0.29) is 22.8 Å². The fraction of sp³-hybridized carbons (Fsp3) is 0.667. The van der Waals surface area contributed by atoms with Gasteiger partial charge in [-0.25, -0.2) is 0 Å². The zero-order chi connectivity index (χ0) is 18.9. The van der Waals surface area contributed by atoms with E-state index >= 15 is 0 Å². The Hall–Kier alpha value is -1.71. The summed E-state index contributed by atoms with van der Waals surface area (Å²) in [5.41, 5.74) is 0.571. The Kier molecular flexibility index (Phi) is 8.81. The molecule has 0 fully saturated rings. The minimum atomic E-state index is -0.240. The quantitative estimate of drug-likeness (QED) is 0.592. The maximum absolute atomic E-state index is 12.5. The van der Waals surface area contributed by atoms with Gasteiger partial charge in [0.25, 0.3) is 0 Å². The second kappa shape index (κ2) is 10.3. The first kappa shape index (κ1) is 21.3. The summed E-state index contributed by atoms with van der Waals surface area (Å²) in [6, 6.07) is 4.74. The predicted octanol–water partition coefficient (Wildman–Crippen LogP) is 4.97. The molecule has 1 rings (SSSR count). The van der Waals surface area contributed by atoms with Crippen LogP contribution in [0.5, 0.6) is 11.5 Å². The molecular weight excluding hydrogens is 314 g/mol. The van der Waals surface area contributed by atoms with Gasteiger partial charge in [-0.1, -0.05) is 46.6 Å². The summed E-state index contributed by atoms with van der Waals surface area (Å²) in [7, 11) is 0. The van der Waals surface area contributed by atoms with E-state index in [4.69, 9.17) is 0 Å². The summed E-state index contributed by atoms with van der Waals surface area (Å²) >= 11 is 0. The van der Waals surface area contributed by atoms with Gasteiger partial charge in [0, 0.05) is 25.6 Å². The summed E-state index contributed by atoms with van der Waals surface area (Å²) in [4.78, 5) is 14.5. The van der Waals surface area contributed by atoms with Crippen molar-refractivity contribution in [3.05, 3.63) is 23.8 Å². The molecule has 0 unspecified atom stereocenters. The van der Waals surface area contributed by atoms with Gasteiger partial charge in [0.2, 0.25) is 5.91 Å². The molecule has 0 radical (unpaired) electrons. The minimum Gasteiger partial charge on any atom is -0.508 e. The molecule has 4 heteroatoms. The molecule has 4 nitrogen and oxygen atoms in total. The van der Waals surface area contributed by atoms with Gasteiger partial charge in [0.05, 0.1) is 0 Å². The summed E-state index contributed by atoms with van der Waals surface area (Å²) in [5, 5.41) is 19.5. The Morgan fingerprint density at radius 3 is 2.16 bits per heavy atom. The molecule has 0 bridgehead atoms. The van der Waals surface area contributed by atoms with E-state index in [0.29, 0.717) is 6.42 Å². The van der Waals surface area contributed by atoms with Crippen molar-refractivity contribution >= 4 is 5.91 Å². The molecule has 142 valence electrons. The molecule has 0 spiro atoms. The fourth-order valence-electron chi connectivity index (χ4n) is 3.13. The zero-order valence-corrected chi connectivity index (χ0v) is 16.3. The highest BCUT2D eigenvalue weighted by molar-refractivity contribution is 5.76. The first-order chi connectivity index (χ1) is 11.8. The summed E-state index contributed by atoms with van der Waals surface area (Å²) < 4.78 is 0. The molecule has 0 heterocycles. The average molecular weight is 350 g/mol. The molecule has 0 atom stereocenters. The van der Waals surface area contributed by atoms with Crippen molar-refractivity contribution < 1.29 is 15.0 Å². The van der Waals surface area contributed by atoms with E-state index in [2.05, 4.69) is 27.7 Å². The molecule has 2 N–H and O–H groups in total. The van der Waals surface area contributed by atoms with Crippen LogP contribution >= 0.6 is 0 Å². The minimum absolute atomic E-state index is 0.0646. The number of hydrogen-bond acceptors (Lipinski definition) is 3. The second-order valence-electron chi connectivity index (χ2n) is 7.53. The molecule has 1 aromatic carbocycles. The molecule has 0 aliphatic rings. The van der Waals surface area contributed by atoms with Gasteiger partial charge in [-0.3, -0.25) is 4.79 Å².